The van der Waals surface area contributed by atoms with Crippen LogP contribution in [0.4, 0.5) is 0 Å². The highest BCUT2D eigenvalue weighted by Crippen LogP contribution is 2.29. The molecule has 0 aliphatic carbocycles. The topological polar surface area (TPSA) is 14.2 Å². The molecule has 2 nitrogen and oxygen atoms in total. The fraction of sp³-hybridized carbons (Fsp3) is 0.200. The van der Waals surface area contributed by atoms with E-state index in [1.54, 1.807) is 7.11 Å². The number of para-hydroxylation sites is 1. The summed E-state index contributed by atoms with van der Waals surface area (Å²) in [6, 6.07) is 15.0. The average Bonchev–Trinajstić information content (AvgIpc) is 2.65. The molecule has 0 saturated heterocycles. The highest BCUT2D eigenvalue weighted by molar-refractivity contribution is 6.08. The van der Waals surface area contributed by atoms with Gasteiger partial charge in [-0.15, -0.1) is 0 Å². The van der Waals surface area contributed by atoms with Crippen LogP contribution >= 0.6 is 0 Å². The van der Waals surface area contributed by atoms with E-state index in [0.717, 1.165) is 0 Å². The van der Waals surface area contributed by atoms with E-state index in [1.807, 2.05) is 0 Å². The number of hydrogen-bond donors (Lipinski definition) is 0. The molecule has 0 amide bonds. The van der Waals surface area contributed by atoms with Crippen molar-refractivity contribution in [3.63, 3.8) is 0 Å². The van der Waals surface area contributed by atoms with E-state index in [1.165, 1.54) is 27.4 Å². The SMILES string of the molecule is COCn1c2ccccc2c2cc(C)ccc21. The Labute approximate surface area is 100 Å². The first-order valence-electron chi connectivity index (χ1n) is 5.78. The van der Waals surface area contributed by atoms with Crippen molar-refractivity contribution in [2.45, 2.75) is 13.7 Å². The summed E-state index contributed by atoms with van der Waals surface area (Å²) in [5.74, 6) is 0. The molecule has 0 bridgehead atoms. The predicted molar refractivity (Wildman–Crippen MR) is 71.2 cm³/mol. The van der Waals surface area contributed by atoms with Crippen LogP contribution in [-0.4, -0.2) is 11.7 Å². The number of hydrogen-bond acceptors (Lipinski definition) is 1. The molecule has 0 unspecified atom stereocenters. The van der Waals surface area contributed by atoms with Crippen molar-refractivity contribution in [3.05, 3.63) is 48.0 Å². The summed E-state index contributed by atoms with van der Waals surface area (Å²) < 4.78 is 7.51. The average molecular weight is 225 g/mol. The van der Waals surface area contributed by atoms with Gasteiger partial charge in [-0.25, -0.2) is 0 Å². The minimum atomic E-state index is 0.590. The number of rotatable bonds is 2. The highest BCUT2D eigenvalue weighted by atomic mass is 16.5. The van der Waals surface area contributed by atoms with E-state index < -0.39 is 0 Å². The lowest BCUT2D eigenvalue weighted by molar-refractivity contribution is 0.138. The molecule has 0 aliphatic heterocycles. The van der Waals surface area contributed by atoms with Gasteiger partial charge in [0.05, 0.1) is 11.0 Å². The third-order valence-electron chi connectivity index (χ3n) is 3.19. The summed E-state index contributed by atoms with van der Waals surface area (Å²) in [6.07, 6.45) is 0. The number of benzene rings is 2. The van der Waals surface area contributed by atoms with Crippen molar-refractivity contribution in [1.82, 2.24) is 4.57 Å². The molecule has 0 N–H and O–H groups in total. The maximum Gasteiger partial charge on any atom is 0.123 e. The van der Waals surface area contributed by atoms with Gasteiger partial charge < -0.3 is 9.30 Å². The zero-order chi connectivity index (χ0) is 11.8. The molecule has 1 aromatic heterocycles. The van der Waals surface area contributed by atoms with Crippen LogP contribution < -0.4 is 0 Å². The fourth-order valence-corrected chi connectivity index (χ4v) is 2.44. The fourth-order valence-electron chi connectivity index (χ4n) is 2.44. The normalized spacial score (nSPS) is 11.4. The van der Waals surface area contributed by atoms with Gasteiger partial charge in [0.1, 0.15) is 6.73 Å². The number of nitrogens with zero attached hydrogens (tertiary/aromatic N) is 1. The zero-order valence-corrected chi connectivity index (χ0v) is 10.1. The van der Waals surface area contributed by atoms with Crippen LogP contribution in [0.3, 0.4) is 0 Å². The molecular weight excluding hydrogens is 210 g/mol. The summed E-state index contributed by atoms with van der Waals surface area (Å²) in [4.78, 5) is 0. The van der Waals surface area contributed by atoms with Gasteiger partial charge in [0.15, 0.2) is 0 Å². The van der Waals surface area contributed by atoms with Crippen LogP contribution in [0.2, 0.25) is 0 Å². The van der Waals surface area contributed by atoms with Gasteiger partial charge in [-0.2, -0.15) is 0 Å². The third kappa shape index (κ3) is 1.53. The largest absolute Gasteiger partial charge is 0.364 e. The van der Waals surface area contributed by atoms with Crippen LogP contribution in [0.5, 0.6) is 0 Å². The monoisotopic (exact) mass is 225 g/mol. The molecule has 0 radical (unpaired) electrons. The van der Waals surface area contributed by atoms with Crippen LogP contribution in [0, 0.1) is 6.92 Å². The minimum absolute atomic E-state index is 0.590. The Morgan fingerprint density at radius 2 is 1.76 bits per heavy atom. The van der Waals surface area contributed by atoms with E-state index in [4.69, 9.17) is 4.74 Å². The van der Waals surface area contributed by atoms with Gasteiger partial charge in [0.25, 0.3) is 0 Å². The number of ether oxygens (including phenoxy) is 1. The van der Waals surface area contributed by atoms with E-state index in [0.29, 0.717) is 6.73 Å². The molecular formula is C15H15NO. The molecule has 86 valence electrons. The predicted octanol–water partition coefficient (Wildman–Crippen LogP) is 3.71. The maximum atomic E-state index is 5.30. The van der Waals surface area contributed by atoms with Gasteiger partial charge >= 0.3 is 0 Å². The zero-order valence-electron chi connectivity index (χ0n) is 10.1. The Kier molecular flexibility index (Phi) is 2.37. The maximum absolute atomic E-state index is 5.30. The van der Waals surface area contributed by atoms with E-state index >= 15 is 0 Å². The molecule has 2 heteroatoms. The first kappa shape index (κ1) is 10.4. The second kappa shape index (κ2) is 3.90. The standard InChI is InChI=1S/C15H15NO/c1-11-7-8-15-13(9-11)12-5-3-4-6-14(12)16(15)10-17-2/h3-9H,10H2,1-2H3. The Hall–Kier alpha value is -1.80. The summed E-state index contributed by atoms with van der Waals surface area (Å²) >= 11 is 0. The lowest BCUT2D eigenvalue weighted by Crippen LogP contribution is -1.98. The van der Waals surface area contributed by atoms with Gasteiger partial charge in [0, 0.05) is 17.9 Å². The van der Waals surface area contributed by atoms with Gasteiger partial charge in [-0.1, -0.05) is 29.8 Å². The van der Waals surface area contributed by atoms with Crippen molar-refractivity contribution in [2.75, 3.05) is 7.11 Å². The van der Waals surface area contributed by atoms with E-state index in [-0.39, 0.29) is 0 Å². The number of aromatic nitrogens is 1. The molecule has 3 aromatic rings. The van der Waals surface area contributed by atoms with Crippen LogP contribution in [0.25, 0.3) is 21.8 Å². The molecule has 0 atom stereocenters. The first-order valence-corrected chi connectivity index (χ1v) is 5.78. The van der Waals surface area contributed by atoms with Crippen molar-refractivity contribution in [2.24, 2.45) is 0 Å². The highest BCUT2D eigenvalue weighted by Gasteiger charge is 2.09. The molecule has 3 rings (SSSR count). The summed E-state index contributed by atoms with van der Waals surface area (Å²) in [7, 11) is 1.73. The van der Waals surface area contributed by atoms with Crippen LogP contribution in [0.1, 0.15) is 5.56 Å². The third-order valence-corrected chi connectivity index (χ3v) is 3.19. The molecule has 0 fully saturated rings. The second-order valence-corrected chi connectivity index (χ2v) is 4.38. The van der Waals surface area contributed by atoms with Gasteiger partial charge in [-0.05, 0) is 25.1 Å². The van der Waals surface area contributed by atoms with Crippen molar-refractivity contribution in [1.29, 1.82) is 0 Å². The Morgan fingerprint density at radius 3 is 2.59 bits per heavy atom. The molecule has 0 aliphatic rings. The Morgan fingerprint density at radius 1 is 1.00 bits per heavy atom. The van der Waals surface area contributed by atoms with Crippen molar-refractivity contribution >= 4 is 21.8 Å². The summed E-state index contributed by atoms with van der Waals surface area (Å²) in [5, 5.41) is 2.60. The van der Waals surface area contributed by atoms with Crippen LogP contribution in [0.15, 0.2) is 42.5 Å². The lowest BCUT2D eigenvalue weighted by atomic mass is 10.1. The Balaban J connectivity index is 2.48. The molecule has 0 spiro atoms. The summed E-state index contributed by atoms with van der Waals surface area (Å²) in [6.45, 7) is 2.72. The Bertz CT molecular complexity index is 682. The second-order valence-electron chi connectivity index (χ2n) is 4.38. The molecule has 0 saturated carbocycles. The lowest BCUT2D eigenvalue weighted by Gasteiger charge is -2.05. The van der Waals surface area contributed by atoms with E-state index in [2.05, 4.69) is 54.0 Å². The quantitative estimate of drug-likeness (QED) is 0.648. The number of aryl methyl sites for hydroxylation is 1. The molecule has 17 heavy (non-hydrogen) atoms. The molecule has 2 aromatic carbocycles. The minimum Gasteiger partial charge on any atom is -0.364 e. The smallest absolute Gasteiger partial charge is 0.123 e. The van der Waals surface area contributed by atoms with E-state index in [9.17, 15) is 0 Å². The number of methoxy groups -OCH3 is 1. The number of fused-ring (bicyclic) bond motifs is 3. The van der Waals surface area contributed by atoms with Crippen molar-refractivity contribution < 1.29 is 4.74 Å². The van der Waals surface area contributed by atoms with Crippen LogP contribution in [-0.2, 0) is 11.5 Å². The van der Waals surface area contributed by atoms with Gasteiger partial charge in [0.2, 0.25) is 0 Å². The molecule has 1 heterocycles. The van der Waals surface area contributed by atoms with Gasteiger partial charge in [-0.3, -0.25) is 0 Å². The van der Waals surface area contributed by atoms with Crippen molar-refractivity contribution in [3.8, 4) is 0 Å². The summed E-state index contributed by atoms with van der Waals surface area (Å²) in [5.41, 5.74) is 3.76. The first-order chi connectivity index (χ1) is 8.31.